The van der Waals surface area contributed by atoms with Crippen LogP contribution in [-0.4, -0.2) is 71.6 Å². The zero-order valence-electron chi connectivity index (χ0n) is 15.9. The molecule has 1 aromatic rings. The highest BCUT2D eigenvalue weighted by Crippen LogP contribution is 2.24. The van der Waals surface area contributed by atoms with Crippen LogP contribution >= 0.6 is 0 Å². The van der Waals surface area contributed by atoms with Crippen LogP contribution in [0.1, 0.15) is 31.0 Å². The van der Waals surface area contributed by atoms with Crippen molar-refractivity contribution in [2.75, 3.05) is 39.5 Å². The summed E-state index contributed by atoms with van der Waals surface area (Å²) in [5.74, 6) is -1.18. The molecule has 28 heavy (non-hydrogen) atoms. The molecule has 0 amide bonds. The number of hydrogen-bond donors (Lipinski definition) is 1. The molecule has 10 heteroatoms. The fourth-order valence-corrected chi connectivity index (χ4v) is 3.28. The maximum absolute atomic E-state index is 10.6. The lowest BCUT2D eigenvalue weighted by Gasteiger charge is -2.28. The first kappa shape index (κ1) is 22.4. The predicted molar refractivity (Wildman–Crippen MR) is 94.3 cm³/mol. The summed E-state index contributed by atoms with van der Waals surface area (Å²) < 4.78 is 42.8. The van der Waals surface area contributed by atoms with Crippen molar-refractivity contribution in [3.8, 4) is 5.88 Å². The standard InChI is InChI=1S/C16H25N3O2.C2HF3O2/c1-2-21-16-14-3-7-19(8-4-15(14)17-12-18-16)11-13-5-9-20-10-6-13;3-2(4,5)1(6)7/h12-13H,2-11H2,1H3;(H,6,7). The Morgan fingerprint density at radius 2 is 1.93 bits per heavy atom. The molecule has 1 N–H and O–H groups in total. The number of aromatic nitrogens is 2. The van der Waals surface area contributed by atoms with Gasteiger partial charge in [0.15, 0.2) is 0 Å². The minimum absolute atomic E-state index is 0.662. The molecule has 158 valence electrons. The largest absolute Gasteiger partial charge is 0.490 e. The summed E-state index contributed by atoms with van der Waals surface area (Å²) in [6.45, 7) is 7.88. The molecule has 3 rings (SSSR count). The Morgan fingerprint density at radius 1 is 1.29 bits per heavy atom. The van der Waals surface area contributed by atoms with Crippen molar-refractivity contribution in [1.29, 1.82) is 0 Å². The molecule has 0 bridgehead atoms. The molecule has 1 saturated heterocycles. The lowest BCUT2D eigenvalue weighted by Crippen LogP contribution is -2.34. The Bertz CT molecular complexity index is 637. The smallest absolute Gasteiger partial charge is 0.478 e. The molecule has 0 spiro atoms. The molecular weight excluding hydrogens is 379 g/mol. The van der Waals surface area contributed by atoms with Crippen LogP contribution in [0.5, 0.6) is 5.88 Å². The van der Waals surface area contributed by atoms with Gasteiger partial charge in [-0.15, -0.1) is 0 Å². The van der Waals surface area contributed by atoms with E-state index in [0.717, 1.165) is 50.9 Å². The van der Waals surface area contributed by atoms with Gasteiger partial charge in [0.2, 0.25) is 5.88 Å². The van der Waals surface area contributed by atoms with Crippen molar-refractivity contribution in [2.45, 2.75) is 38.8 Å². The number of carboxylic acid groups (broad SMARTS) is 1. The Hall–Kier alpha value is -1.94. The van der Waals surface area contributed by atoms with E-state index in [-0.39, 0.29) is 0 Å². The Balaban J connectivity index is 0.000000345. The zero-order valence-corrected chi connectivity index (χ0v) is 15.9. The number of carbonyl (C=O) groups is 1. The third kappa shape index (κ3) is 6.90. The first-order valence-electron chi connectivity index (χ1n) is 9.37. The van der Waals surface area contributed by atoms with Gasteiger partial charge in [-0.25, -0.2) is 14.8 Å². The average molecular weight is 405 g/mol. The molecule has 7 nitrogen and oxygen atoms in total. The number of rotatable bonds is 4. The highest BCUT2D eigenvalue weighted by molar-refractivity contribution is 5.73. The van der Waals surface area contributed by atoms with Crippen LogP contribution in [0.3, 0.4) is 0 Å². The van der Waals surface area contributed by atoms with Gasteiger partial charge in [-0.05, 0) is 32.1 Å². The summed E-state index contributed by atoms with van der Waals surface area (Å²) in [5, 5.41) is 7.12. The first-order chi connectivity index (χ1) is 13.3. The molecule has 1 aromatic heterocycles. The van der Waals surface area contributed by atoms with Crippen molar-refractivity contribution >= 4 is 5.97 Å². The van der Waals surface area contributed by atoms with E-state index >= 15 is 0 Å². The lowest BCUT2D eigenvalue weighted by molar-refractivity contribution is -0.192. The van der Waals surface area contributed by atoms with E-state index in [1.165, 1.54) is 30.6 Å². The molecule has 0 aromatic carbocycles. The highest BCUT2D eigenvalue weighted by Gasteiger charge is 2.38. The third-order valence-electron chi connectivity index (χ3n) is 4.72. The number of carboxylic acids is 1. The molecule has 0 saturated carbocycles. The fraction of sp³-hybridized carbons (Fsp3) is 0.722. The summed E-state index contributed by atoms with van der Waals surface area (Å²) >= 11 is 0. The summed E-state index contributed by atoms with van der Waals surface area (Å²) in [6.07, 6.45) is 0.953. The molecule has 2 aliphatic rings. The van der Waals surface area contributed by atoms with E-state index < -0.39 is 12.1 Å². The van der Waals surface area contributed by atoms with Crippen LogP contribution in [0.15, 0.2) is 6.33 Å². The van der Waals surface area contributed by atoms with E-state index in [9.17, 15) is 13.2 Å². The van der Waals surface area contributed by atoms with Crippen LogP contribution in [0.25, 0.3) is 0 Å². The number of aliphatic carboxylic acids is 1. The monoisotopic (exact) mass is 405 g/mol. The van der Waals surface area contributed by atoms with Crippen molar-refractivity contribution in [3.05, 3.63) is 17.6 Å². The maximum atomic E-state index is 10.6. The number of hydrogen-bond acceptors (Lipinski definition) is 6. The number of nitrogens with zero attached hydrogens (tertiary/aromatic N) is 3. The van der Waals surface area contributed by atoms with Crippen LogP contribution in [-0.2, 0) is 22.4 Å². The number of alkyl halides is 3. The van der Waals surface area contributed by atoms with Gasteiger partial charge < -0.3 is 19.5 Å². The van der Waals surface area contributed by atoms with E-state index in [4.69, 9.17) is 19.4 Å². The highest BCUT2D eigenvalue weighted by atomic mass is 19.4. The average Bonchev–Trinajstić information content (AvgIpc) is 2.86. The van der Waals surface area contributed by atoms with Crippen molar-refractivity contribution in [3.63, 3.8) is 0 Å². The molecule has 2 aliphatic heterocycles. The second-order valence-corrected chi connectivity index (χ2v) is 6.70. The van der Waals surface area contributed by atoms with Gasteiger partial charge in [-0.1, -0.05) is 0 Å². The minimum atomic E-state index is -5.08. The molecule has 3 heterocycles. The summed E-state index contributed by atoms with van der Waals surface area (Å²) in [4.78, 5) is 20.2. The Kier molecular flexibility index (Phi) is 8.43. The molecule has 0 aliphatic carbocycles. The van der Waals surface area contributed by atoms with E-state index in [1.807, 2.05) is 6.92 Å². The number of halogens is 3. The normalized spacial score (nSPS) is 18.4. The van der Waals surface area contributed by atoms with Gasteiger partial charge in [0.25, 0.3) is 0 Å². The van der Waals surface area contributed by atoms with Gasteiger partial charge in [0.1, 0.15) is 6.33 Å². The van der Waals surface area contributed by atoms with E-state index in [0.29, 0.717) is 6.61 Å². The van der Waals surface area contributed by atoms with Crippen molar-refractivity contribution in [1.82, 2.24) is 14.9 Å². The third-order valence-corrected chi connectivity index (χ3v) is 4.72. The fourth-order valence-electron chi connectivity index (χ4n) is 3.28. The van der Waals surface area contributed by atoms with E-state index in [2.05, 4.69) is 14.9 Å². The molecule has 0 unspecified atom stereocenters. The number of fused-ring (bicyclic) bond motifs is 1. The SMILES string of the molecule is CCOc1ncnc2c1CCN(CC1CCOCC1)CC2.O=C(O)C(F)(F)F. The molecule has 0 atom stereocenters. The molecular formula is C18H26F3N3O4. The maximum Gasteiger partial charge on any atom is 0.490 e. The quantitative estimate of drug-likeness (QED) is 0.823. The van der Waals surface area contributed by atoms with Crippen molar-refractivity contribution in [2.24, 2.45) is 5.92 Å². The Labute approximate surface area is 161 Å². The van der Waals surface area contributed by atoms with Crippen LogP contribution in [0.4, 0.5) is 13.2 Å². The molecule has 0 radical (unpaired) electrons. The van der Waals surface area contributed by atoms with Crippen LogP contribution in [0.2, 0.25) is 0 Å². The summed E-state index contributed by atoms with van der Waals surface area (Å²) in [5.41, 5.74) is 2.39. The van der Waals surface area contributed by atoms with Gasteiger partial charge in [0, 0.05) is 44.8 Å². The van der Waals surface area contributed by atoms with E-state index in [1.54, 1.807) is 6.33 Å². The Morgan fingerprint density at radius 3 is 2.54 bits per heavy atom. The van der Waals surface area contributed by atoms with Crippen molar-refractivity contribution < 1.29 is 32.5 Å². The van der Waals surface area contributed by atoms with Gasteiger partial charge in [-0.2, -0.15) is 13.2 Å². The topological polar surface area (TPSA) is 84.8 Å². The summed E-state index contributed by atoms with van der Waals surface area (Å²) in [6, 6.07) is 0. The first-order valence-corrected chi connectivity index (χ1v) is 9.37. The lowest BCUT2D eigenvalue weighted by atomic mass is 9.99. The second-order valence-electron chi connectivity index (χ2n) is 6.70. The van der Waals surface area contributed by atoms with Gasteiger partial charge >= 0.3 is 12.1 Å². The zero-order chi connectivity index (χ0) is 20.6. The van der Waals surface area contributed by atoms with Crippen LogP contribution < -0.4 is 4.74 Å². The van der Waals surface area contributed by atoms with Crippen LogP contribution in [0, 0.1) is 5.92 Å². The van der Waals surface area contributed by atoms with Gasteiger partial charge in [-0.3, -0.25) is 0 Å². The summed E-state index contributed by atoms with van der Waals surface area (Å²) in [7, 11) is 0. The molecule has 1 fully saturated rings. The minimum Gasteiger partial charge on any atom is -0.478 e. The predicted octanol–water partition coefficient (Wildman–Crippen LogP) is 2.34. The second kappa shape index (κ2) is 10.6. The van der Waals surface area contributed by atoms with Gasteiger partial charge in [0.05, 0.1) is 12.3 Å². The number of ether oxygens (including phenoxy) is 2.